The van der Waals surface area contributed by atoms with Gasteiger partial charge in [-0.1, -0.05) is 0 Å². The van der Waals surface area contributed by atoms with Crippen LogP contribution >= 0.6 is 0 Å². The van der Waals surface area contributed by atoms with Crippen LogP contribution in [0.5, 0.6) is 0 Å². The van der Waals surface area contributed by atoms with Gasteiger partial charge >= 0.3 is 0 Å². The predicted molar refractivity (Wildman–Crippen MR) is 59.6 cm³/mol. The van der Waals surface area contributed by atoms with E-state index in [0.29, 0.717) is 0 Å². The molecule has 3 heterocycles. The lowest BCUT2D eigenvalue weighted by Crippen LogP contribution is -2.29. The zero-order chi connectivity index (χ0) is 9.90. The maximum Gasteiger partial charge on any atom is 0.0466 e. The molecule has 0 radical (unpaired) electrons. The van der Waals surface area contributed by atoms with Crippen molar-refractivity contribution in [3.63, 3.8) is 0 Å². The molecular formula is C11H24N2O. The first kappa shape index (κ1) is 12.0. The molecule has 3 heteroatoms. The third-order valence-electron chi connectivity index (χ3n) is 2.49. The summed E-state index contributed by atoms with van der Waals surface area (Å²) < 4.78 is 4.94. The van der Waals surface area contributed by atoms with Crippen LogP contribution in [0.1, 0.15) is 32.1 Å². The van der Waals surface area contributed by atoms with Crippen molar-refractivity contribution >= 4 is 0 Å². The van der Waals surface area contributed by atoms with Crippen LogP contribution in [0.3, 0.4) is 0 Å². The fourth-order valence-electron chi connectivity index (χ4n) is 1.31. The number of ether oxygens (including phenoxy) is 1. The van der Waals surface area contributed by atoms with Crippen molar-refractivity contribution in [3.05, 3.63) is 0 Å². The van der Waals surface area contributed by atoms with E-state index in [0.717, 1.165) is 13.2 Å². The third-order valence-corrected chi connectivity index (χ3v) is 2.49. The van der Waals surface area contributed by atoms with E-state index in [-0.39, 0.29) is 0 Å². The van der Waals surface area contributed by atoms with E-state index in [4.69, 9.17) is 4.74 Å². The maximum atomic E-state index is 4.94. The van der Waals surface area contributed by atoms with Crippen molar-refractivity contribution < 1.29 is 4.74 Å². The molecule has 3 aliphatic rings. The molecule has 0 spiro atoms. The van der Waals surface area contributed by atoms with Gasteiger partial charge in [-0.25, -0.2) is 0 Å². The van der Waals surface area contributed by atoms with Crippen LogP contribution in [0.25, 0.3) is 0 Å². The van der Waals surface area contributed by atoms with Gasteiger partial charge in [0.05, 0.1) is 0 Å². The molecule has 3 saturated heterocycles. The van der Waals surface area contributed by atoms with Crippen molar-refractivity contribution in [3.8, 4) is 0 Å². The maximum absolute atomic E-state index is 4.94. The van der Waals surface area contributed by atoms with E-state index < -0.39 is 0 Å². The molecule has 0 aromatic rings. The first-order valence-corrected chi connectivity index (χ1v) is 5.99. The minimum Gasteiger partial charge on any atom is -0.381 e. The molecule has 0 unspecified atom stereocenters. The Kier molecular flexibility index (Phi) is 8.06. The lowest BCUT2D eigenvalue weighted by atomic mass is 10.3. The third kappa shape index (κ3) is 7.30. The summed E-state index contributed by atoms with van der Waals surface area (Å²) in [6.07, 6.45) is 6.72. The van der Waals surface area contributed by atoms with Crippen LogP contribution in [0.15, 0.2) is 0 Å². The van der Waals surface area contributed by atoms with Crippen molar-refractivity contribution in [2.75, 3.05) is 39.4 Å². The zero-order valence-corrected chi connectivity index (χ0v) is 9.19. The highest BCUT2D eigenvalue weighted by Gasteiger charge is 1.95. The van der Waals surface area contributed by atoms with Crippen LogP contribution in [-0.2, 0) is 4.74 Å². The summed E-state index contributed by atoms with van der Waals surface area (Å²) in [4.78, 5) is 0. The SMILES string of the molecule is C1CCNC1.C1CCOC1.C1CNC1. The Hall–Kier alpha value is -0.120. The standard InChI is InChI=1S/C4H9N.C4H8O.C3H7N/c2*1-2-4-5-3-1;1-2-4-3-1/h5H,1-4H2;1-4H2;4H,1-3H2. The van der Waals surface area contributed by atoms with Crippen LogP contribution < -0.4 is 10.6 Å². The normalized spacial score (nSPS) is 24.0. The summed E-state index contributed by atoms with van der Waals surface area (Å²) in [5.74, 6) is 0. The Bertz CT molecular complexity index is 78.6. The first-order valence-electron chi connectivity index (χ1n) is 5.99. The Labute approximate surface area is 87.6 Å². The van der Waals surface area contributed by atoms with Crippen LogP contribution in [0.4, 0.5) is 0 Å². The zero-order valence-electron chi connectivity index (χ0n) is 9.19. The molecule has 3 nitrogen and oxygen atoms in total. The highest BCUT2D eigenvalue weighted by Crippen LogP contribution is 1.98. The van der Waals surface area contributed by atoms with E-state index in [1.54, 1.807) is 0 Å². The average molecular weight is 200 g/mol. The van der Waals surface area contributed by atoms with Gasteiger partial charge in [0, 0.05) is 13.2 Å². The Balaban J connectivity index is 0.000000106. The number of hydrogen-bond donors (Lipinski definition) is 2. The molecule has 0 amide bonds. The van der Waals surface area contributed by atoms with Crippen LogP contribution in [0, 0.1) is 0 Å². The first-order chi connectivity index (χ1) is 7.00. The fourth-order valence-corrected chi connectivity index (χ4v) is 1.31. The smallest absolute Gasteiger partial charge is 0.0466 e. The molecule has 2 N–H and O–H groups in total. The Morgan fingerprint density at radius 2 is 1.00 bits per heavy atom. The Morgan fingerprint density at radius 3 is 1.14 bits per heavy atom. The van der Waals surface area contributed by atoms with Gasteiger partial charge in [-0.2, -0.15) is 0 Å². The number of hydrogen-bond acceptors (Lipinski definition) is 3. The van der Waals surface area contributed by atoms with E-state index in [9.17, 15) is 0 Å². The van der Waals surface area contributed by atoms with Crippen molar-refractivity contribution in [1.29, 1.82) is 0 Å². The summed E-state index contributed by atoms with van der Waals surface area (Å²) in [5, 5.41) is 6.33. The molecule has 14 heavy (non-hydrogen) atoms. The number of nitrogens with one attached hydrogen (secondary N) is 2. The van der Waals surface area contributed by atoms with Gasteiger partial charge in [0.1, 0.15) is 0 Å². The summed E-state index contributed by atoms with van der Waals surface area (Å²) >= 11 is 0. The molecule has 0 aromatic carbocycles. The van der Waals surface area contributed by atoms with Crippen molar-refractivity contribution in [2.24, 2.45) is 0 Å². The lowest BCUT2D eigenvalue weighted by Gasteiger charge is -2.09. The van der Waals surface area contributed by atoms with Crippen LogP contribution in [0.2, 0.25) is 0 Å². The van der Waals surface area contributed by atoms with Gasteiger partial charge < -0.3 is 15.4 Å². The average Bonchev–Trinajstić information content (AvgIpc) is 2.81. The van der Waals surface area contributed by atoms with E-state index in [1.807, 2.05) is 0 Å². The molecular weight excluding hydrogens is 176 g/mol. The van der Waals surface area contributed by atoms with Crippen molar-refractivity contribution in [2.45, 2.75) is 32.1 Å². The van der Waals surface area contributed by atoms with Gasteiger partial charge in [-0.3, -0.25) is 0 Å². The molecule has 84 valence electrons. The highest BCUT2D eigenvalue weighted by atomic mass is 16.5. The second kappa shape index (κ2) is 9.44. The predicted octanol–water partition coefficient (Wildman–Crippen LogP) is 1.15. The number of rotatable bonds is 0. The minimum absolute atomic E-state index is 1.00. The lowest BCUT2D eigenvalue weighted by molar-refractivity contribution is 0.198. The molecule has 3 aliphatic heterocycles. The molecule has 0 aromatic heterocycles. The molecule has 0 atom stereocenters. The molecule has 0 bridgehead atoms. The van der Waals surface area contributed by atoms with Gasteiger partial charge in [-0.05, 0) is 58.3 Å². The fraction of sp³-hybridized carbons (Fsp3) is 1.00. The summed E-state index contributed by atoms with van der Waals surface area (Å²) in [7, 11) is 0. The van der Waals surface area contributed by atoms with Crippen LogP contribution in [-0.4, -0.2) is 39.4 Å². The molecule has 0 aliphatic carbocycles. The topological polar surface area (TPSA) is 33.3 Å². The summed E-state index contributed by atoms with van der Waals surface area (Å²) in [6, 6.07) is 0. The van der Waals surface area contributed by atoms with E-state index in [1.165, 1.54) is 58.3 Å². The Morgan fingerprint density at radius 1 is 0.571 bits per heavy atom. The summed E-state index contributed by atoms with van der Waals surface area (Å²) in [5.41, 5.74) is 0. The minimum atomic E-state index is 1.00. The second-order valence-electron chi connectivity index (χ2n) is 3.88. The monoisotopic (exact) mass is 200 g/mol. The second-order valence-corrected chi connectivity index (χ2v) is 3.88. The van der Waals surface area contributed by atoms with Gasteiger partial charge in [0.15, 0.2) is 0 Å². The van der Waals surface area contributed by atoms with Gasteiger partial charge in [0.2, 0.25) is 0 Å². The van der Waals surface area contributed by atoms with Crippen molar-refractivity contribution in [1.82, 2.24) is 10.6 Å². The van der Waals surface area contributed by atoms with E-state index >= 15 is 0 Å². The highest BCUT2D eigenvalue weighted by molar-refractivity contribution is 4.56. The van der Waals surface area contributed by atoms with Gasteiger partial charge in [-0.15, -0.1) is 0 Å². The molecule has 3 fully saturated rings. The molecule has 0 saturated carbocycles. The largest absolute Gasteiger partial charge is 0.381 e. The quantitative estimate of drug-likeness (QED) is 0.615. The summed E-state index contributed by atoms with van der Waals surface area (Å²) in [6.45, 7) is 7.00. The van der Waals surface area contributed by atoms with Gasteiger partial charge in [0.25, 0.3) is 0 Å². The molecule has 3 rings (SSSR count). The van der Waals surface area contributed by atoms with E-state index in [2.05, 4.69) is 10.6 Å².